The number of carbonyl (C=O) groups is 1. The number of aliphatic hydroxyl groups excluding tert-OH is 3. The molecule has 0 aromatic heterocycles. The van der Waals surface area contributed by atoms with E-state index in [1.54, 1.807) is 6.92 Å². The lowest BCUT2D eigenvalue weighted by molar-refractivity contribution is -0.159. The molecule has 0 saturated carbocycles. The number of ether oxygens (including phenoxy) is 1. The fourth-order valence-electron chi connectivity index (χ4n) is 1.44. The fourth-order valence-corrected chi connectivity index (χ4v) is 1.44. The van der Waals surface area contributed by atoms with Crippen molar-refractivity contribution in [1.82, 2.24) is 0 Å². The normalized spacial score (nSPS) is 14.1. The second kappa shape index (κ2) is 6.44. The van der Waals surface area contributed by atoms with Gasteiger partial charge in [-0.3, -0.25) is 0 Å². The van der Waals surface area contributed by atoms with Crippen molar-refractivity contribution in [1.29, 1.82) is 0 Å². The first kappa shape index (κ1) is 14.6. The summed E-state index contributed by atoms with van der Waals surface area (Å²) in [6.45, 7) is 1.11. The van der Waals surface area contributed by atoms with Crippen molar-refractivity contribution in [3.8, 4) is 0 Å². The van der Waals surface area contributed by atoms with Crippen molar-refractivity contribution >= 4 is 5.97 Å². The molecule has 0 radical (unpaired) electrons. The number of halogens is 1. The molecule has 2 atom stereocenters. The SMILES string of the molecule is CCOC(=O)C(O)C(O)c1ccc(F)c(CO)c1. The van der Waals surface area contributed by atoms with Crippen LogP contribution in [0.4, 0.5) is 4.39 Å². The Bertz CT molecular complexity index is 421. The summed E-state index contributed by atoms with van der Waals surface area (Å²) < 4.78 is 17.7. The van der Waals surface area contributed by atoms with Gasteiger partial charge in [-0.2, -0.15) is 0 Å². The molecule has 6 heteroatoms. The second-order valence-corrected chi connectivity index (χ2v) is 3.65. The number of benzene rings is 1. The summed E-state index contributed by atoms with van der Waals surface area (Å²) in [5, 5.41) is 28.1. The molecule has 5 nitrogen and oxygen atoms in total. The van der Waals surface area contributed by atoms with Crippen LogP contribution in [0.2, 0.25) is 0 Å². The minimum Gasteiger partial charge on any atom is -0.464 e. The number of esters is 1. The van der Waals surface area contributed by atoms with Crippen molar-refractivity contribution < 1.29 is 29.2 Å². The Hall–Kier alpha value is -1.50. The van der Waals surface area contributed by atoms with E-state index in [-0.39, 0.29) is 17.7 Å². The van der Waals surface area contributed by atoms with Crippen molar-refractivity contribution in [2.24, 2.45) is 0 Å². The van der Waals surface area contributed by atoms with Crippen LogP contribution in [-0.4, -0.2) is 34.0 Å². The van der Waals surface area contributed by atoms with Gasteiger partial charge in [0.2, 0.25) is 0 Å². The average molecular weight is 258 g/mol. The lowest BCUT2D eigenvalue weighted by atomic mass is 10.0. The van der Waals surface area contributed by atoms with Crippen molar-refractivity contribution in [3.05, 3.63) is 35.1 Å². The molecule has 1 rings (SSSR count). The molecular formula is C12H15FO5. The minimum atomic E-state index is -1.75. The van der Waals surface area contributed by atoms with Gasteiger partial charge in [-0.1, -0.05) is 6.07 Å². The van der Waals surface area contributed by atoms with Crippen LogP contribution in [0, 0.1) is 5.82 Å². The van der Waals surface area contributed by atoms with Gasteiger partial charge in [0, 0.05) is 5.56 Å². The van der Waals surface area contributed by atoms with Gasteiger partial charge in [0.15, 0.2) is 6.10 Å². The number of carbonyl (C=O) groups excluding carboxylic acids is 1. The quantitative estimate of drug-likeness (QED) is 0.660. The molecule has 0 bridgehead atoms. The number of rotatable bonds is 5. The summed E-state index contributed by atoms with van der Waals surface area (Å²) in [5.74, 6) is -1.58. The molecule has 0 aliphatic carbocycles. The van der Waals surface area contributed by atoms with Crippen LogP contribution in [0.1, 0.15) is 24.2 Å². The highest BCUT2D eigenvalue weighted by molar-refractivity contribution is 5.75. The van der Waals surface area contributed by atoms with E-state index >= 15 is 0 Å². The number of hydrogen-bond donors (Lipinski definition) is 3. The monoisotopic (exact) mass is 258 g/mol. The first-order chi connectivity index (χ1) is 8.51. The Balaban J connectivity index is 2.89. The molecule has 100 valence electrons. The molecule has 1 aromatic rings. The third-order valence-electron chi connectivity index (χ3n) is 2.41. The summed E-state index contributed by atoms with van der Waals surface area (Å²) in [4.78, 5) is 11.2. The average Bonchev–Trinajstić information content (AvgIpc) is 2.38. The molecule has 0 spiro atoms. The summed E-state index contributed by atoms with van der Waals surface area (Å²) in [6.07, 6.45) is -3.28. The predicted molar refractivity (Wildman–Crippen MR) is 59.9 cm³/mol. The third kappa shape index (κ3) is 3.25. The number of hydrogen-bond acceptors (Lipinski definition) is 5. The molecule has 0 aliphatic heterocycles. The third-order valence-corrected chi connectivity index (χ3v) is 2.41. The van der Waals surface area contributed by atoms with Crippen molar-refractivity contribution in [3.63, 3.8) is 0 Å². The molecule has 0 heterocycles. The zero-order valence-corrected chi connectivity index (χ0v) is 9.84. The van der Waals surface area contributed by atoms with E-state index < -0.39 is 30.6 Å². The highest BCUT2D eigenvalue weighted by atomic mass is 19.1. The molecule has 18 heavy (non-hydrogen) atoms. The maximum Gasteiger partial charge on any atom is 0.338 e. The lowest BCUT2D eigenvalue weighted by Crippen LogP contribution is -2.30. The van der Waals surface area contributed by atoms with E-state index in [0.29, 0.717) is 0 Å². The summed E-state index contributed by atoms with van der Waals surface area (Å²) >= 11 is 0. The summed E-state index contributed by atoms with van der Waals surface area (Å²) in [6, 6.07) is 3.45. The van der Waals surface area contributed by atoms with E-state index in [0.717, 1.165) is 6.07 Å². The maximum absolute atomic E-state index is 13.1. The van der Waals surface area contributed by atoms with Gasteiger partial charge in [0.1, 0.15) is 11.9 Å². The highest BCUT2D eigenvalue weighted by Gasteiger charge is 2.27. The number of aliphatic hydroxyl groups is 3. The highest BCUT2D eigenvalue weighted by Crippen LogP contribution is 2.21. The van der Waals surface area contributed by atoms with Crippen LogP contribution in [0.5, 0.6) is 0 Å². The molecule has 0 fully saturated rings. The van der Waals surface area contributed by atoms with Gasteiger partial charge in [0.25, 0.3) is 0 Å². The van der Waals surface area contributed by atoms with Crippen LogP contribution in [0.15, 0.2) is 18.2 Å². The maximum atomic E-state index is 13.1. The van der Waals surface area contributed by atoms with Gasteiger partial charge >= 0.3 is 5.97 Å². The predicted octanol–water partition coefficient (Wildman–Crippen LogP) is 0.275. The van der Waals surface area contributed by atoms with E-state index in [2.05, 4.69) is 4.74 Å². The Morgan fingerprint density at radius 1 is 1.44 bits per heavy atom. The Morgan fingerprint density at radius 3 is 2.67 bits per heavy atom. The topological polar surface area (TPSA) is 87.0 Å². The van der Waals surface area contributed by atoms with Crippen LogP contribution >= 0.6 is 0 Å². The second-order valence-electron chi connectivity index (χ2n) is 3.65. The Morgan fingerprint density at radius 2 is 2.11 bits per heavy atom. The smallest absolute Gasteiger partial charge is 0.338 e. The zero-order chi connectivity index (χ0) is 13.7. The standard InChI is InChI=1S/C12H15FO5/c1-2-18-12(17)11(16)10(15)7-3-4-9(13)8(5-7)6-14/h3-5,10-11,14-16H,2,6H2,1H3. The van der Waals surface area contributed by atoms with Crippen molar-refractivity contribution in [2.45, 2.75) is 25.7 Å². The van der Waals surface area contributed by atoms with E-state index in [9.17, 15) is 19.4 Å². The minimum absolute atomic E-state index is 0.0254. The van der Waals surface area contributed by atoms with Crippen LogP contribution < -0.4 is 0 Å². The van der Waals surface area contributed by atoms with Gasteiger partial charge in [0.05, 0.1) is 13.2 Å². The van der Waals surface area contributed by atoms with E-state index in [4.69, 9.17) is 5.11 Å². The summed E-state index contributed by atoms with van der Waals surface area (Å²) in [7, 11) is 0. The van der Waals surface area contributed by atoms with Gasteiger partial charge in [-0.15, -0.1) is 0 Å². The van der Waals surface area contributed by atoms with Gasteiger partial charge in [-0.25, -0.2) is 9.18 Å². The van der Waals surface area contributed by atoms with Crippen molar-refractivity contribution in [2.75, 3.05) is 6.61 Å². The van der Waals surface area contributed by atoms with Gasteiger partial charge < -0.3 is 20.1 Å². The first-order valence-corrected chi connectivity index (χ1v) is 5.43. The van der Waals surface area contributed by atoms with Gasteiger partial charge in [-0.05, 0) is 24.6 Å². The lowest BCUT2D eigenvalue weighted by Gasteiger charge is -2.17. The van der Waals surface area contributed by atoms with Crippen LogP contribution in [0.3, 0.4) is 0 Å². The molecule has 2 unspecified atom stereocenters. The molecule has 0 saturated heterocycles. The largest absolute Gasteiger partial charge is 0.464 e. The van der Waals surface area contributed by atoms with E-state index in [1.165, 1.54) is 12.1 Å². The first-order valence-electron chi connectivity index (χ1n) is 5.43. The van der Waals surface area contributed by atoms with Crippen LogP contribution in [-0.2, 0) is 16.1 Å². The van der Waals surface area contributed by atoms with E-state index in [1.807, 2.05) is 0 Å². The molecule has 0 aliphatic rings. The molecule has 0 amide bonds. The van der Waals surface area contributed by atoms with Crippen LogP contribution in [0.25, 0.3) is 0 Å². The summed E-state index contributed by atoms with van der Waals surface area (Å²) in [5.41, 5.74) is 0.101. The molecular weight excluding hydrogens is 243 g/mol. The fraction of sp³-hybridized carbons (Fsp3) is 0.417. The zero-order valence-electron chi connectivity index (χ0n) is 9.84. The molecule has 1 aromatic carbocycles. The Labute approximate surface area is 103 Å². The molecule has 3 N–H and O–H groups in total. The Kier molecular flexibility index (Phi) is 5.21.